The Labute approximate surface area is 120 Å². The quantitative estimate of drug-likeness (QED) is 0.595. The summed E-state index contributed by atoms with van der Waals surface area (Å²) >= 11 is 1.96. The highest BCUT2D eigenvalue weighted by atomic mass is 32.2. The minimum absolute atomic E-state index is 0.386. The van der Waals surface area contributed by atoms with E-state index in [1.54, 1.807) is 0 Å². The molecule has 3 nitrogen and oxygen atoms in total. The molecule has 106 valence electrons. The number of fused-ring (bicyclic) bond motifs is 1. The van der Waals surface area contributed by atoms with Crippen LogP contribution in [0.4, 0.5) is 0 Å². The third-order valence-corrected chi connectivity index (χ3v) is 4.66. The lowest BCUT2D eigenvalue weighted by Gasteiger charge is -2.16. The van der Waals surface area contributed by atoms with Gasteiger partial charge in [0, 0.05) is 18.2 Å². The lowest BCUT2D eigenvalue weighted by molar-refractivity contribution is 0.357. The minimum Gasteiger partial charge on any atom is -0.493 e. The van der Waals surface area contributed by atoms with Crippen LogP contribution in [-0.4, -0.2) is 23.7 Å². The van der Waals surface area contributed by atoms with Gasteiger partial charge in [0.1, 0.15) is 5.75 Å². The molecular formula is C15H24N2OS. The second kappa shape index (κ2) is 7.17. The van der Waals surface area contributed by atoms with Gasteiger partial charge >= 0.3 is 0 Å². The van der Waals surface area contributed by atoms with Crippen molar-refractivity contribution in [2.24, 2.45) is 5.84 Å². The number of benzene rings is 1. The van der Waals surface area contributed by atoms with Crippen molar-refractivity contribution in [1.29, 1.82) is 0 Å². The van der Waals surface area contributed by atoms with Crippen LogP contribution < -0.4 is 16.0 Å². The fourth-order valence-corrected chi connectivity index (χ4v) is 3.14. The van der Waals surface area contributed by atoms with E-state index in [-0.39, 0.29) is 0 Å². The normalized spacial score (nSPS) is 15.4. The summed E-state index contributed by atoms with van der Waals surface area (Å²) in [4.78, 5) is 0. The second-order valence-corrected chi connectivity index (χ2v) is 6.93. The number of hydrogen-bond donors (Lipinski definition) is 2. The predicted octanol–water partition coefficient (Wildman–Crippen LogP) is 2.53. The molecule has 2 rings (SSSR count). The summed E-state index contributed by atoms with van der Waals surface area (Å²) in [5.41, 5.74) is 5.68. The molecule has 0 saturated heterocycles. The van der Waals surface area contributed by atoms with Crippen molar-refractivity contribution in [2.45, 2.75) is 44.4 Å². The van der Waals surface area contributed by atoms with Gasteiger partial charge < -0.3 is 4.74 Å². The maximum absolute atomic E-state index is 5.63. The Kier molecular flexibility index (Phi) is 5.55. The van der Waals surface area contributed by atoms with Gasteiger partial charge in [-0.25, -0.2) is 0 Å². The molecule has 1 aliphatic heterocycles. The molecule has 0 bridgehead atoms. The number of ether oxygens (including phenoxy) is 1. The van der Waals surface area contributed by atoms with Crippen LogP contribution in [0.2, 0.25) is 0 Å². The number of nitrogens with one attached hydrogen (secondary N) is 1. The molecule has 1 aromatic carbocycles. The number of hydrogen-bond acceptors (Lipinski definition) is 4. The molecule has 0 aliphatic carbocycles. The molecule has 4 heteroatoms. The van der Waals surface area contributed by atoms with E-state index in [1.807, 2.05) is 11.8 Å². The van der Waals surface area contributed by atoms with E-state index in [2.05, 4.69) is 37.5 Å². The minimum atomic E-state index is 0.386. The number of hydrazine groups is 1. The second-order valence-electron chi connectivity index (χ2n) is 5.32. The van der Waals surface area contributed by atoms with Crippen LogP contribution >= 0.6 is 11.8 Å². The highest BCUT2D eigenvalue weighted by Crippen LogP contribution is 2.26. The number of nitrogens with two attached hydrogens (primary N) is 1. The van der Waals surface area contributed by atoms with Crippen molar-refractivity contribution in [3.63, 3.8) is 0 Å². The van der Waals surface area contributed by atoms with Gasteiger partial charge in [-0.3, -0.25) is 11.3 Å². The summed E-state index contributed by atoms with van der Waals surface area (Å²) in [6, 6.07) is 6.95. The standard InChI is InChI=1S/C15H24N2OS/c1-11(2)19-10-14(17-16)5-3-12-4-6-15-13(9-12)7-8-18-15/h4,6,9,11,14,17H,3,5,7-8,10,16H2,1-2H3. The molecule has 1 aromatic rings. The first-order valence-corrected chi connectivity index (χ1v) is 8.06. The molecule has 0 fully saturated rings. The Morgan fingerprint density at radius 2 is 2.26 bits per heavy atom. The van der Waals surface area contributed by atoms with Crippen molar-refractivity contribution in [3.05, 3.63) is 29.3 Å². The highest BCUT2D eigenvalue weighted by Gasteiger charge is 2.13. The van der Waals surface area contributed by atoms with Gasteiger partial charge in [0.25, 0.3) is 0 Å². The fraction of sp³-hybridized carbons (Fsp3) is 0.600. The van der Waals surface area contributed by atoms with Crippen LogP contribution in [-0.2, 0) is 12.8 Å². The van der Waals surface area contributed by atoms with Gasteiger partial charge in [0.2, 0.25) is 0 Å². The highest BCUT2D eigenvalue weighted by molar-refractivity contribution is 7.99. The molecular weight excluding hydrogens is 256 g/mol. The first-order valence-electron chi connectivity index (χ1n) is 7.01. The Balaban J connectivity index is 1.83. The van der Waals surface area contributed by atoms with Crippen LogP contribution in [0.5, 0.6) is 5.75 Å². The summed E-state index contributed by atoms with van der Waals surface area (Å²) in [7, 11) is 0. The van der Waals surface area contributed by atoms with E-state index >= 15 is 0 Å². The molecule has 1 aliphatic rings. The first-order chi connectivity index (χ1) is 9.19. The van der Waals surface area contributed by atoms with Crippen LogP contribution in [0.15, 0.2) is 18.2 Å². The van der Waals surface area contributed by atoms with Crippen molar-refractivity contribution < 1.29 is 4.74 Å². The number of rotatable bonds is 7. The van der Waals surface area contributed by atoms with Crippen molar-refractivity contribution in [1.82, 2.24) is 5.43 Å². The van der Waals surface area contributed by atoms with E-state index < -0.39 is 0 Å². The van der Waals surface area contributed by atoms with Gasteiger partial charge in [0.15, 0.2) is 0 Å². The Morgan fingerprint density at radius 3 is 3.00 bits per heavy atom. The van der Waals surface area contributed by atoms with Gasteiger partial charge in [-0.1, -0.05) is 26.0 Å². The van der Waals surface area contributed by atoms with Crippen molar-refractivity contribution in [2.75, 3.05) is 12.4 Å². The monoisotopic (exact) mass is 280 g/mol. The fourth-order valence-electron chi connectivity index (χ4n) is 2.26. The molecule has 1 unspecified atom stereocenters. The molecule has 0 amide bonds. The number of thioether (sulfide) groups is 1. The van der Waals surface area contributed by atoms with Crippen LogP contribution in [0, 0.1) is 0 Å². The average molecular weight is 280 g/mol. The largest absolute Gasteiger partial charge is 0.493 e. The zero-order valence-electron chi connectivity index (χ0n) is 11.8. The zero-order chi connectivity index (χ0) is 13.7. The predicted molar refractivity (Wildman–Crippen MR) is 82.7 cm³/mol. The lowest BCUT2D eigenvalue weighted by atomic mass is 10.0. The molecule has 0 spiro atoms. The maximum Gasteiger partial charge on any atom is 0.122 e. The van der Waals surface area contributed by atoms with E-state index in [1.165, 1.54) is 11.1 Å². The molecule has 0 saturated carbocycles. The van der Waals surface area contributed by atoms with Gasteiger partial charge in [0.05, 0.1) is 6.61 Å². The third-order valence-electron chi connectivity index (χ3n) is 3.40. The van der Waals surface area contributed by atoms with Crippen LogP contribution in [0.25, 0.3) is 0 Å². The van der Waals surface area contributed by atoms with Crippen molar-refractivity contribution in [3.8, 4) is 5.75 Å². The van der Waals surface area contributed by atoms with E-state index in [0.717, 1.165) is 37.4 Å². The van der Waals surface area contributed by atoms with Gasteiger partial charge in [-0.05, 0) is 35.3 Å². The topological polar surface area (TPSA) is 47.3 Å². The SMILES string of the molecule is CC(C)SCC(CCc1ccc2c(c1)CCO2)NN. The molecule has 1 atom stereocenters. The molecule has 3 N–H and O–H groups in total. The Hall–Kier alpha value is -0.710. The van der Waals surface area contributed by atoms with E-state index in [4.69, 9.17) is 10.6 Å². The molecule has 0 aromatic heterocycles. The van der Waals surface area contributed by atoms with E-state index in [0.29, 0.717) is 11.3 Å². The molecule has 0 radical (unpaired) electrons. The summed E-state index contributed by atoms with van der Waals surface area (Å²) in [5.74, 6) is 7.76. The zero-order valence-corrected chi connectivity index (χ0v) is 12.6. The van der Waals surface area contributed by atoms with Gasteiger partial charge in [-0.2, -0.15) is 11.8 Å². The Morgan fingerprint density at radius 1 is 1.42 bits per heavy atom. The maximum atomic E-state index is 5.63. The number of aryl methyl sites for hydroxylation is 1. The summed E-state index contributed by atoms with van der Waals surface area (Å²) in [5, 5.41) is 0.660. The Bertz CT molecular complexity index is 409. The lowest BCUT2D eigenvalue weighted by Crippen LogP contribution is -2.37. The third kappa shape index (κ3) is 4.41. The van der Waals surface area contributed by atoms with Crippen LogP contribution in [0.3, 0.4) is 0 Å². The molecule has 19 heavy (non-hydrogen) atoms. The summed E-state index contributed by atoms with van der Waals surface area (Å²) in [6.07, 6.45) is 3.20. The summed E-state index contributed by atoms with van der Waals surface area (Å²) in [6.45, 7) is 5.27. The van der Waals surface area contributed by atoms with Gasteiger partial charge in [-0.15, -0.1) is 0 Å². The summed E-state index contributed by atoms with van der Waals surface area (Å²) < 4.78 is 5.53. The first kappa shape index (κ1) is 14.7. The van der Waals surface area contributed by atoms with Crippen molar-refractivity contribution >= 4 is 11.8 Å². The average Bonchev–Trinajstić information content (AvgIpc) is 2.86. The van der Waals surface area contributed by atoms with E-state index in [9.17, 15) is 0 Å². The smallest absolute Gasteiger partial charge is 0.122 e. The molecule has 1 heterocycles. The van der Waals surface area contributed by atoms with Crippen LogP contribution in [0.1, 0.15) is 31.4 Å².